The van der Waals surface area contributed by atoms with Crippen LogP contribution in [-0.4, -0.2) is 5.78 Å². The van der Waals surface area contributed by atoms with E-state index in [2.05, 4.69) is 31.9 Å². The van der Waals surface area contributed by atoms with E-state index < -0.39 is 17.4 Å². The normalized spacial score (nSPS) is 10.5. The first kappa shape index (κ1) is 14.3. The van der Waals surface area contributed by atoms with Crippen molar-refractivity contribution in [2.75, 3.05) is 0 Å². The molecule has 2 aromatic carbocycles. The molecule has 0 N–H and O–H groups in total. The molecule has 0 atom stereocenters. The first-order valence-corrected chi connectivity index (χ1v) is 6.99. The Labute approximate surface area is 125 Å². The average molecular weight is 390 g/mol. The van der Waals surface area contributed by atoms with Crippen molar-refractivity contribution in [3.05, 3.63) is 68.1 Å². The number of benzene rings is 2. The van der Waals surface area contributed by atoms with Gasteiger partial charge in [-0.1, -0.05) is 22.0 Å². The van der Waals surface area contributed by atoms with Crippen molar-refractivity contribution < 1.29 is 13.6 Å². The number of ketones is 1. The standard InChI is InChI=1S/C14H8Br2F2O/c15-10-5-4-9(17)6-8(10)7-13(19)14-11(16)2-1-3-12(14)18/h1-6H,7H2. The lowest BCUT2D eigenvalue weighted by molar-refractivity contribution is 0.0988. The Hall–Kier alpha value is -1.07. The smallest absolute Gasteiger partial charge is 0.171 e. The molecule has 0 saturated heterocycles. The first-order chi connectivity index (χ1) is 8.99. The summed E-state index contributed by atoms with van der Waals surface area (Å²) in [6, 6.07) is 8.39. The van der Waals surface area contributed by atoms with Gasteiger partial charge in [-0.2, -0.15) is 0 Å². The maximum absolute atomic E-state index is 13.6. The van der Waals surface area contributed by atoms with E-state index in [1.165, 1.54) is 30.3 Å². The highest BCUT2D eigenvalue weighted by Gasteiger charge is 2.17. The number of rotatable bonds is 3. The fourth-order valence-corrected chi connectivity index (χ4v) is 2.65. The van der Waals surface area contributed by atoms with Gasteiger partial charge in [0, 0.05) is 15.4 Å². The summed E-state index contributed by atoms with van der Waals surface area (Å²) in [7, 11) is 0. The van der Waals surface area contributed by atoms with E-state index in [4.69, 9.17) is 0 Å². The third-order valence-electron chi connectivity index (χ3n) is 2.60. The SMILES string of the molecule is O=C(Cc1cc(F)ccc1Br)c1c(F)cccc1Br. The molecule has 0 spiro atoms. The maximum atomic E-state index is 13.6. The van der Waals surface area contributed by atoms with Crippen LogP contribution in [0.15, 0.2) is 45.3 Å². The van der Waals surface area contributed by atoms with Crippen LogP contribution in [-0.2, 0) is 6.42 Å². The number of halogens is 4. The molecular formula is C14H8Br2F2O. The predicted molar refractivity (Wildman–Crippen MR) is 76.2 cm³/mol. The Bertz CT molecular complexity index is 621. The molecule has 5 heteroatoms. The Kier molecular flexibility index (Phi) is 4.47. The summed E-state index contributed by atoms with van der Waals surface area (Å²) in [6.45, 7) is 0. The molecule has 98 valence electrons. The van der Waals surface area contributed by atoms with E-state index in [1.807, 2.05) is 0 Å². The van der Waals surface area contributed by atoms with E-state index >= 15 is 0 Å². The van der Waals surface area contributed by atoms with Crippen molar-refractivity contribution in [1.29, 1.82) is 0 Å². The van der Waals surface area contributed by atoms with Crippen molar-refractivity contribution in [2.24, 2.45) is 0 Å². The summed E-state index contributed by atoms with van der Waals surface area (Å²) in [6.07, 6.45) is -0.0716. The summed E-state index contributed by atoms with van der Waals surface area (Å²) in [5, 5.41) is 0. The molecule has 0 aromatic heterocycles. The molecule has 0 bridgehead atoms. The highest BCUT2D eigenvalue weighted by molar-refractivity contribution is 9.10. The number of carbonyl (C=O) groups excluding carboxylic acids is 1. The number of Topliss-reactive ketones (excluding diaryl/α,β-unsaturated/α-hetero) is 1. The summed E-state index contributed by atoms with van der Waals surface area (Å²) >= 11 is 6.39. The molecule has 0 aliphatic rings. The second-order valence-corrected chi connectivity index (χ2v) is 5.64. The van der Waals surface area contributed by atoms with E-state index in [-0.39, 0.29) is 12.0 Å². The molecule has 0 fully saturated rings. The van der Waals surface area contributed by atoms with Crippen molar-refractivity contribution in [2.45, 2.75) is 6.42 Å². The van der Waals surface area contributed by atoms with Gasteiger partial charge >= 0.3 is 0 Å². The zero-order valence-electron chi connectivity index (χ0n) is 9.59. The second kappa shape index (κ2) is 5.92. The van der Waals surface area contributed by atoms with Gasteiger partial charge in [-0.25, -0.2) is 8.78 Å². The highest BCUT2D eigenvalue weighted by atomic mass is 79.9. The fraction of sp³-hybridized carbons (Fsp3) is 0.0714. The molecule has 0 saturated carbocycles. The van der Waals surface area contributed by atoms with Gasteiger partial charge in [0.2, 0.25) is 0 Å². The monoisotopic (exact) mass is 388 g/mol. The molecule has 0 aliphatic heterocycles. The molecule has 2 aromatic rings. The van der Waals surface area contributed by atoms with Crippen LogP contribution in [0.2, 0.25) is 0 Å². The van der Waals surface area contributed by atoms with Gasteiger partial charge in [-0.05, 0) is 51.8 Å². The van der Waals surface area contributed by atoms with Crippen LogP contribution < -0.4 is 0 Å². The van der Waals surface area contributed by atoms with Gasteiger partial charge in [0.25, 0.3) is 0 Å². The molecular weight excluding hydrogens is 382 g/mol. The first-order valence-electron chi connectivity index (χ1n) is 5.40. The van der Waals surface area contributed by atoms with Crippen LogP contribution in [0.4, 0.5) is 8.78 Å². The lowest BCUT2D eigenvalue weighted by Gasteiger charge is -2.07. The zero-order chi connectivity index (χ0) is 14.0. The summed E-state index contributed by atoms with van der Waals surface area (Å²) in [5.41, 5.74) is 0.471. The Morgan fingerprint density at radius 2 is 1.79 bits per heavy atom. The van der Waals surface area contributed by atoms with Crippen LogP contribution in [0.1, 0.15) is 15.9 Å². The minimum atomic E-state index is -0.591. The van der Waals surface area contributed by atoms with Crippen LogP contribution in [0.25, 0.3) is 0 Å². The Morgan fingerprint density at radius 1 is 1.05 bits per heavy atom. The molecule has 0 amide bonds. The number of hydrogen-bond acceptors (Lipinski definition) is 1. The molecule has 0 heterocycles. The van der Waals surface area contributed by atoms with E-state index in [0.29, 0.717) is 14.5 Å². The summed E-state index contributed by atoms with van der Waals surface area (Å²) in [5.74, 6) is -1.43. The minimum Gasteiger partial charge on any atom is -0.294 e. The zero-order valence-corrected chi connectivity index (χ0v) is 12.8. The van der Waals surface area contributed by atoms with Gasteiger partial charge in [0.05, 0.1) is 5.56 Å². The largest absolute Gasteiger partial charge is 0.294 e. The molecule has 0 aliphatic carbocycles. The highest BCUT2D eigenvalue weighted by Crippen LogP contribution is 2.24. The lowest BCUT2D eigenvalue weighted by Crippen LogP contribution is -2.08. The van der Waals surface area contributed by atoms with Crippen LogP contribution >= 0.6 is 31.9 Å². The van der Waals surface area contributed by atoms with Crippen molar-refractivity contribution in [3.63, 3.8) is 0 Å². The Balaban J connectivity index is 2.34. The van der Waals surface area contributed by atoms with Crippen molar-refractivity contribution in [1.82, 2.24) is 0 Å². The molecule has 1 nitrogen and oxygen atoms in total. The molecule has 19 heavy (non-hydrogen) atoms. The lowest BCUT2D eigenvalue weighted by atomic mass is 10.0. The van der Waals surface area contributed by atoms with E-state index in [9.17, 15) is 13.6 Å². The van der Waals surface area contributed by atoms with Gasteiger partial charge in [-0.3, -0.25) is 4.79 Å². The van der Waals surface area contributed by atoms with E-state index in [0.717, 1.165) is 0 Å². The Morgan fingerprint density at radius 3 is 2.47 bits per heavy atom. The van der Waals surface area contributed by atoms with Gasteiger partial charge < -0.3 is 0 Å². The van der Waals surface area contributed by atoms with Crippen molar-refractivity contribution in [3.8, 4) is 0 Å². The third-order valence-corrected chi connectivity index (χ3v) is 4.03. The second-order valence-electron chi connectivity index (χ2n) is 3.93. The fourth-order valence-electron chi connectivity index (χ4n) is 1.70. The van der Waals surface area contributed by atoms with Crippen LogP contribution in [0, 0.1) is 11.6 Å². The maximum Gasteiger partial charge on any atom is 0.171 e. The van der Waals surface area contributed by atoms with E-state index in [1.54, 1.807) is 6.07 Å². The van der Waals surface area contributed by atoms with Crippen LogP contribution in [0.3, 0.4) is 0 Å². The number of carbonyl (C=O) groups is 1. The van der Waals surface area contributed by atoms with Crippen LogP contribution in [0.5, 0.6) is 0 Å². The quantitative estimate of drug-likeness (QED) is 0.681. The summed E-state index contributed by atoms with van der Waals surface area (Å²) < 4.78 is 27.8. The average Bonchev–Trinajstić information content (AvgIpc) is 2.33. The predicted octanol–water partition coefficient (Wildman–Crippen LogP) is 4.92. The minimum absolute atomic E-state index is 0.0151. The van der Waals surface area contributed by atoms with Gasteiger partial charge in [0.15, 0.2) is 5.78 Å². The third kappa shape index (κ3) is 3.28. The summed E-state index contributed by atoms with van der Waals surface area (Å²) in [4.78, 5) is 12.1. The van der Waals surface area contributed by atoms with Gasteiger partial charge in [-0.15, -0.1) is 0 Å². The molecule has 0 unspecified atom stereocenters. The van der Waals surface area contributed by atoms with Crippen molar-refractivity contribution >= 4 is 37.6 Å². The molecule has 2 rings (SSSR count). The molecule has 0 radical (unpaired) electrons. The van der Waals surface area contributed by atoms with Gasteiger partial charge in [0.1, 0.15) is 11.6 Å². The topological polar surface area (TPSA) is 17.1 Å². The number of hydrogen-bond donors (Lipinski definition) is 0.